The Morgan fingerprint density at radius 3 is 2.57 bits per heavy atom. The van der Waals surface area contributed by atoms with Crippen LogP contribution in [0.5, 0.6) is 11.6 Å². The summed E-state index contributed by atoms with van der Waals surface area (Å²) < 4.78 is 5.75. The van der Waals surface area contributed by atoms with Crippen LogP contribution < -0.4 is 4.74 Å². The minimum absolute atomic E-state index is 0.0257. The van der Waals surface area contributed by atoms with Gasteiger partial charge in [-0.2, -0.15) is 0 Å². The summed E-state index contributed by atoms with van der Waals surface area (Å²) >= 11 is 1.59. The maximum absolute atomic E-state index is 10.6. The van der Waals surface area contributed by atoms with Crippen molar-refractivity contribution in [3.05, 3.63) is 51.1 Å². The summed E-state index contributed by atoms with van der Waals surface area (Å²) in [4.78, 5) is 20.6. The maximum atomic E-state index is 10.6. The van der Waals surface area contributed by atoms with Crippen molar-refractivity contribution in [2.75, 3.05) is 0 Å². The molecular formula is C14H11N3O3S. The fourth-order valence-electron chi connectivity index (χ4n) is 1.97. The quantitative estimate of drug-likeness (QED) is 0.539. The van der Waals surface area contributed by atoms with Gasteiger partial charge in [0.1, 0.15) is 16.9 Å². The molecule has 0 saturated carbocycles. The number of aromatic nitrogens is 2. The smallest absolute Gasteiger partial charge is 0.269 e. The van der Waals surface area contributed by atoms with Gasteiger partial charge in [0.2, 0.25) is 5.88 Å². The molecule has 3 rings (SSSR count). The average Bonchev–Trinajstić information content (AvgIpc) is 2.76. The van der Waals surface area contributed by atoms with Gasteiger partial charge >= 0.3 is 0 Å². The third kappa shape index (κ3) is 2.43. The summed E-state index contributed by atoms with van der Waals surface area (Å²) in [6.45, 7) is 4.03. The topological polar surface area (TPSA) is 78.2 Å². The second-order valence-corrected chi connectivity index (χ2v) is 5.70. The number of fused-ring (bicyclic) bond motifs is 1. The van der Waals surface area contributed by atoms with Gasteiger partial charge < -0.3 is 4.74 Å². The molecule has 6 nitrogen and oxygen atoms in total. The molecule has 3 aromatic rings. The zero-order valence-corrected chi connectivity index (χ0v) is 12.2. The molecule has 7 heteroatoms. The Morgan fingerprint density at radius 1 is 1.19 bits per heavy atom. The summed E-state index contributed by atoms with van der Waals surface area (Å²) in [5, 5.41) is 11.5. The number of non-ortho nitro benzene ring substituents is 1. The number of nitro benzene ring substituents is 1. The largest absolute Gasteiger partial charge is 0.438 e. The molecule has 2 heterocycles. The molecule has 0 N–H and O–H groups in total. The molecule has 0 atom stereocenters. The van der Waals surface area contributed by atoms with Crippen LogP contribution in [0.1, 0.15) is 10.4 Å². The summed E-state index contributed by atoms with van der Waals surface area (Å²) in [6.07, 6.45) is 1.46. The molecule has 0 unspecified atom stereocenters. The number of nitro groups is 1. The zero-order chi connectivity index (χ0) is 15.0. The molecule has 2 aromatic heterocycles. The predicted octanol–water partition coefficient (Wildman–Crippen LogP) is 4.01. The lowest BCUT2D eigenvalue weighted by Gasteiger charge is -2.05. The highest BCUT2D eigenvalue weighted by molar-refractivity contribution is 7.18. The van der Waals surface area contributed by atoms with Crippen molar-refractivity contribution < 1.29 is 9.66 Å². The van der Waals surface area contributed by atoms with E-state index < -0.39 is 4.92 Å². The molecule has 0 spiro atoms. The Hall–Kier alpha value is -2.54. The third-order valence-corrected chi connectivity index (χ3v) is 4.31. The number of rotatable bonds is 3. The first kappa shape index (κ1) is 13.4. The first-order valence-corrected chi connectivity index (χ1v) is 7.01. The Kier molecular flexibility index (Phi) is 3.26. The van der Waals surface area contributed by atoms with Crippen molar-refractivity contribution in [1.82, 2.24) is 9.97 Å². The first-order valence-electron chi connectivity index (χ1n) is 6.19. The van der Waals surface area contributed by atoms with Crippen LogP contribution in [0, 0.1) is 24.0 Å². The van der Waals surface area contributed by atoms with Crippen molar-refractivity contribution >= 4 is 27.2 Å². The van der Waals surface area contributed by atoms with E-state index >= 15 is 0 Å². The second kappa shape index (κ2) is 5.10. The minimum atomic E-state index is -0.445. The van der Waals surface area contributed by atoms with Gasteiger partial charge in [0, 0.05) is 17.0 Å². The molecule has 1 aromatic carbocycles. The number of ether oxygens (including phenoxy) is 1. The highest BCUT2D eigenvalue weighted by Crippen LogP contribution is 2.35. The van der Waals surface area contributed by atoms with Gasteiger partial charge in [-0.25, -0.2) is 9.97 Å². The third-order valence-electron chi connectivity index (χ3n) is 3.19. The van der Waals surface area contributed by atoms with Gasteiger partial charge in [0.15, 0.2) is 0 Å². The van der Waals surface area contributed by atoms with Crippen LogP contribution in [0.15, 0.2) is 30.6 Å². The van der Waals surface area contributed by atoms with E-state index in [1.807, 2.05) is 13.8 Å². The SMILES string of the molecule is Cc1sc2ncnc(Oc3ccc([N+](=O)[O-])cc3)c2c1C. The van der Waals surface area contributed by atoms with Gasteiger partial charge in [-0.05, 0) is 31.5 Å². The second-order valence-electron chi connectivity index (χ2n) is 4.50. The Balaban J connectivity index is 2.00. The molecule has 0 aliphatic rings. The van der Waals surface area contributed by atoms with E-state index in [2.05, 4.69) is 9.97 Å². The van der Waals surface area contributed by atoms with Gasteiger partial charge in [-0.3, -0.25) is 10.1 Å². The Labute approximate surface area is 124 Å². The summed E-state index contributed by atoms with van der Waals surface area (Å²) in [7, 11) is 0. The molecule has 106 valence electrons. The maximum Gasteiger partial charge on any atom is 0.269 e. The average molecular weight is 301 g/mol. The summed E-state index contributed by atoms with van der Waals surface area (Å²) in [6, 6.07) is 5.92. The Bertz CT molecular complexity index is 827. The fraction of sp³-hybridized carbons (Fsp3) is 0.143. The number of nitrogens with zero attached hydrogens (tertiary/aromatic N) is 3. The summed E-state index contributed by atoms with van der Waals surface area (Å²) in [5.41, 5.74) is 1.12. The molecule has 0 bridgehead atoms. The lowest BCUT2D eigenvalue weighted by atomic mass is 10.2. The number of benzene rings is 1. The fourth-order valence-corrected chi connectivity index (χ4v) is 2.96. The molecular weight excluding hydrogens is 290 g/mol. The van der Waals surface area contributed by atoms with Crippen molar-refractivity contribution in [3.8, 4) is 11.6 Å². The van der Waals surface area contributed by atoms with E-state index in [0.29, 0.717) is 11.6 Å². The lowest BCUT2D eigenvalue weighted by Crippen LogP contribution is -1.92. The van der Waals surface area contributed by atoms with Crippen LogP contribution in [0.3, 0.4) is 0 Å². The molecule has 0 aliphatic heterocycles. The van der Waals surface area contributed by atoms with Gasteiger partial charge in [-0.15, -0.1) is 11.3 Å². The summed E-state index contributed by atoms with van der Waals surface area (Å²) in [5.74, 6) is 0.972. The number of thiophene rings is 1. The number of aryl methyl sites for hydroxylation is 2. The highest BCUT2D eigenvalue weighted by atomic mass is 32.1. The van der Waals surface area contributed by atoms with Crippen molar-refractivity contribution in [2.24, 2.45) is 0 Å². The molecule has 0 saturated heterocycles. The monoisotopic (exact) mass is 301 g/mol. The van der Waals surface area contributed by atoms with Crippen LogP contribution in [0.4, 0.5) is 5.69 Å². The van der Waals surface area contributed by atoms with Crippen LogP contribution in [0.2, 0.25) is 0 Å². The van der Waals surface area contributed by atoms with Crippen LogP contribution >= 0.6 is 11.3 Å². The van der Waals surface area contributed by atoms with E-state index in [4.69, 9.17) is 4.74 Å². The van der Waals surface area contributed by atoms with E-state index in [-0.39, 0.29) is 5.69 Å². The van der Waals surface area contributed by atoms with Crippen LogP contribution in [-0.4, -0.2) is 14.9 Å². The van der Waals surface area contributed by atoms with Gasteiger partial charge in [0.05, 0.1) is 10.3 Å². The van der Waals surface area contributed by atoms with Gasteiger partial charge in [0.25, 0.3) is 5.69 Å². The number of hydrogen-bond donors (Lipinski definition) is 0. The molecule has 0 aliphatic carbocycles. The van der Waals surface area contributed by atoms with Crippen LogP contribution in [0.25, 0.3) is 10.2 Å². The molecule has 0 fully saturated rings. The molecule has 21 heavy (non-hydrogen) atoms. The standard InChI is InChI=1S/C14H11N3O3S/c1-8-9(2)21-14-12(8)13(15-7-16-14)20-11-5-3-10(4-6-11)17(18)19/h3-7H,1-2H3. The van der Waals surface area contributed by atoms with Gasteiger partial charge in [-0.1, -0.05) is 0 Å². The first-order chi connectivity index (χ1) is 10.1. The van der Waals surface area contributed by atoms with Crippen molar-refractivity contribution in [1.29, 1.82) is 0 Å². The van der Waals surface area contributed by atoms with E-state index in [9.17, 15) is 10.1 Å². The number of hydrogen-bond acceptors (Lipinski definition) is 6. The van der Waals surface area contributed by atoms with Crippen molar-refractivity contribution in [3.63, 3.8) is 0 Å². The normalized spacial score (nSPS) is 10.8. The van der Waals surface area contributed by atoms with Crippen molar-refractivity contribution in [2.45, 2.75) is 13.8 Å². The predicted molar refractivity (Wildman–Crippen MR) is 80.1 cm³/mol. The van der Waals surface area contributed by atoms with Crippen LogP contribution in [-0.2, 0) is 0 Å². The highest BCUT2D eigenvalue weighted by Gasteiger charge is 2.14. The lowest BCUT2D eigenvalue weighted by molar-refractivity contribution is -0.384. The van der Waals surface area contributed by atoms with E-state index in [1.165, 1.54) is 23.3 Å². The minimum Gasteiger partial charge on any atom is -0.438 e. The zero-order valence-electron chi connectivity index (χ0n) is 11.4. The van der Waals surface area contributed by atoms with E-state index in [0.717, 1.165) is 15.8 Å². The molecule has 0 amide bonds. The van der Waals surface area contributed by atoms with E-state index in [1.54, 1.807) is 23.5 Å². The Morgan fingerprint density at radius 2 is 1.90 bits per heavy atom. The molecule has 0 radical (unpaired) electrons.